The number of aromatic nitrogens is 3. The molecule has 138 valence electrons. The SMILES string of the molecule is CC(C)Cc1nnc(/N=c2\sc(/C=C3\C=Nc4ccccc43)c(O)n2C)s1. The van der Waals surface area contributed by atoms with Crippen LogP contribution in [0.1, 0.15) is 29.3 Å². The van der Waals surface area contributed by atoms with Crippen LogP contribution in [0.5, 0.6) is 5.88 Å². The summed E-state index contributed by atoms with van der Waals surface area (Å²) in [5, 5.41) is 20.5. The smallest absolute Gasteiger partial charge is 0.234 e. The van der Waals surface area contributed by atoms with Gasteiger partial charge in [-0.25, -0.2) is 0 Å². The van der Waals surface area contributed by atoms with E-state index in [1.165, 1.54) is 22.7 Å². The molecule has 0 saturated carbocycles. The van der Waals surface area contributed by atoms with Crippen molar-refractivity contribution in [2.45, 2.75) is 20.3 Å². The van der Waals surface area contributed by atoms with Gasteiger partial charge in [-0.15, -0.1) is 10.2 Å². The maximum absolute atomic E-state index is 10.5. The van der Waals surface area contributed by atoms with Gasteiger partial charge in [0.2, 0.25) is 11.0 Å². The number of hydrogen-bond donors (Lipinski definition) is 1. The van der Waals surface area contributed by atoms with E-state index in [4.69, 9.17) is 0 Å². The molecule has 6 nitrogen and oxygen atoms in total. The minimum absolute atomic E-state index is 0.177. The molecule has 4 rings (SSSR count). The Balaban J connectivity index is 1.69. The Labute approximate surface area is 164 Å². The zero-order chi connectivity index (χ0) is 19.0. The van der Waals surface area contributed by atoms with E-state index in [1.807, 2.05) is 36.6 Å². The molecule has 0 saturated heterocycles. The molecule has 1 aliphatic heterocycles. The van der Waals surface area contributed by atoms with Gasteiger partial charge < -0.3 is 5.11 Å². The van der Waals surface area contributed by atoms with E-state index in [0.29, 0.717) is 15.9 Å². The number of para-hydroxylation sites is 1. The first kappa shape index (κ1) is 17.8. The van der Waals surface area contributed by atoms with Gasteiger partial charge in [-0.2, -0.15) is 4.99 Å². The van der Waals surface area contributed by atoms with E-state index < -0.39 is 0 Å². The quantitative estimate of drug-likeness (QED) is 0.712. The summed E-state index contributed by atoms with van der Waals surface area (Å²) in [5.74, 6) is 0.706. The molecule has 27 heavy (non-hydrogen) atoms. The first-order valence-electron chi connectivity index (χ1n) is 8.62. The van der Waals surface area contributed by atoms with Crippen molar-refractivity contribution in [1.29, 1.82) is 0 Å². The predicted octanol–water partition coefficient (Wildman–Crippen LogP) is 4.33. The van der Waals surface area contributed by atoms with Gasteiger partial charge in [0.1, 0.15) is 5.01 Å². The van der Waals surface area contributed by atoms with Crippen molar-refractivity contribution >= 4 is 51.4 Å². The van der Waals surface area contributed by atoms with Gasteiger partial charge in [-0.1, -0.05) is 54.7 Å². The highest BCUT2D eigenvalue weighted by Crippen LogP contribution is 2.34. The Hall–Kier alpha value is -2.58. The average molecular weight is 398 g/mol. The third-order valence-corrected chi connectivity index (χ3v) is 6.01. The highest BCUT2D eigenvalue weighted by Gasteiger charge is 2.15. The van der Waals surface area contributed by atoms with Crippen LogP contribution < -0.4 is 4.80 Å². The first-order chi connectivity index (χ1) is 13.0. The van der Waals surface area contributed by atoms with Crippen LogP contribution in [0.15, 0.2) is 34.3 Å². The molecule has 2 aromatic heterocycles. The number of benzene rings is 1. The van der Waals surface area contributed by atoms with E-state index >= 15 is 0 Å². The summed E-state index contributed by atoms with van der Waals surface area (Å²) in [7, 11) is 1.79. The van der Waals surface area contributed by atoms with Gasteiger partial charge in [0.15, 0.2) is 4.80 Å². The molecule has 0 atom stereocenters. The number of nitrogens with zero attached hydrogens (tertiary/aromatic N) is 5. The largest absolute Gasteiger partial charge is 0.493 e. The molecular weight excluding hydrogens is 378 g/mol. The fraction of sp³-hybridized carbons (Fsp3) is 0.263. The van der Waals surface area contributed by atoms with Crippen molar-refractivity contribution in [3.8, 4) is 5.88 Å². The lowest BCUT2D eigenvalue weighted by molar-refractivity contribution is 0.427. The Bertz CT molecular complexity index is 1120. The van der Waals surface area contributed by atoms with Crippen molar-refractivity contribution in [3.63, 3.8) is 0 Å². The summed E-state index contributed by atoms with van der Waals surface area (Å²) >= 11 is 2.90. The van der Waals surface area contributed by atoms with Crippen LogP contribution in [0, 0.1) is 5.92 Å². The molecule has 0 fully saturated rings. The van der Waals surface area contributed by atoms with Crippen molar-refractivity contribution in [3.05, 3.63) is 44.5 Å². The molecule has 1 aliphatic rings. The van der Waals surface area contributed by atoms with E-state index in [9.17, 15) is 5.11 Å². The van der Waals surface area contributed by atoms with Crippen molar-refractivity contribution in [2.24, 2.45) is 23.0 Å². The lowest BCUT2D eigenvalue weighted by Crippen LogP contribution is -2.08. The summed E-state index contributed by atoms with van der Waals surface area (Å²) in [6, 6.07) is 7.96. The minimum Gasteiger partial charge on any atom is -0.493 e. The molecule has 3 heterocycles. The number of hydrogen-bond acceptors (Lipinski definition) is 7. The second-order valence-electron chi connectivity index (χ2n) is 6.69. The van der Waals surface area contributed by atoms with Crippen LogP contribution in [-0.2, 0) is 13.5 Å². The Morgan fingerprint density at radius 1 is 1.22 bits per heavy atom. The van der Waals surface area contributed by atoms with E-state index in [0.717, 1.165) is 33.1 Å². The lowest BCUT2D eigenvalue weighted by atomic mass is 10.1. The molecule has 1 N–H and O–H groups in total. The molecule has 0 bridgehead atoms. The number of aliphatic imine (C=N–C) groups is 1. The maximum atomic E-state index is 10.5. The summed E-state index contributed by atoms with van der Waals surface area (Å²) < 4.78 is 1.67. The van der Waals surface area contributed by atoms with Crippen molar-refractivity contribution in [1.82, 2.24) is 14.8 Å². The second-order valence-corrected chi connectivity index (χ2v) is 8.74. The van der Waals surface area contributed by atoms with Gasteiger partial charge in [0, 0.05) is 30.8 Å². The van der Waals surface area contributed by atoms with Gasteiger partial charge in [-0.05, 0) is 18.1 Å². The van der Waals surface area contributed by atoms with Crippen LogP contribution in [0.2, 0.25) is 0 Å². The Kier molecular flexibility index (Phi) is 4.75. The fourth-order valence-electron chi connectivity index (χ4n) is 2.76. The van der Waals surface area contributed by atoms with Gasteiger partial charge in [-0.3, -0.25) is 9.56 Å². The molecule has 0 amide bonds. The average Bonchev–Trinajstić information content (AvgIpc) is 3.31. The number of allylic oxidation sites excluding steroid dienone is 1. The van der Waals surface area contributed by atoms with E-state index in [2.05, 4.69) is 34.0 Å². The number of aromatic hydroxyl groups is 1. The summed E-state index contributed by atoms with van der Waals surface area (Å²) in [6.07, 6.45) is 4.66. The monoisotopic (exact) mass is 397 g/mol. The van der Waals surface area contributed by atoms with Gasteiger partial charge >= 0.3 is 0 Å². The third-order valence-electron chi connectivity index (χ3n) is 4.10. The van der Waals surface area contributed by atoms with E-state index in [1.54, 1.807) is 11.6 Å². The van der Waals surface area contributed by atoms with Crippen molar-refractivity contribution in [2.75, 3.05) is 0 Å². The van der Waals surface area contributed by atoms with Crippen LogP contribution in [0.3, 0.4) is 0 Å². The van der Waals surface area contributed by atoms with Crippen molar-refractivity contribution < 1.29 is 5.11 Å². The van der Waals surface area contributed by atoms with Gasteiger partial charge in [0.25, 0.3) is 0 Å². The van der Waals surface area contributed by atoms with Crippen LogP contribution in [0.4, 0.5) is 10.8 Å². The second kappa shape index (κ2) is 7.21. The zero-order valence-electron chi connectivity index (χ0n) is 15.2. The fourth-order valence-corrected chi connectivity index (χ4v) is 4.71. The normalized spacial score (nSPS) is 15.3. The lowest BCUT2D eigenvalue weighted by Gasteiger charge is -1.98. The summed E-state index contributed by atoms with van der Waals surface area (Å²) in [4.78, 5) is 10.4. The summed E-state index contributed by atoms with van der Waals surface area (Å²) in [5.41, 5.74) is 2.99. The van der Waals surface area contributed by atoms with Crippen LogP contribution >= 0.6 is 22.7 Å². The highest BCUT2D eigenvalue weighted by atomic mass is 32.1. The number of rotatable bonds is 4. The maximum Gasteiger partial charge on any atom is 0.234 e. The molecule has 0 radical (unpaired) electrons. The topological polar surface area (TPSA) is 75.7 Å². The molecule has 8 heteroatoms. The third kappa shape index (κ3) is 3.63. The Morgan fingerprint density at radius 2 is 2.04 bits per heavy atom. The molecule has 0 unspecified atom stereocenters. The molecule has 3 aromatic rings. The van der Waals surface area contributed by atoms with Crippen LogP contribution in [0.25, 0.3) is 11.6 Å². The number of thiazole rings is 1. The highest BCUT2D eigenvalue weighted by molar-refractivity contribution is 7.15. The predicted molar refractivity (Wildman–Crippen MR) is 111 cm³/mol. The standard InChI is InChI=1S/C19H19N5OS2/c1-11(2)8-16-22-23-18(27-16)21-19-24(3)17(25)15(26-19)9-12-10-20-14-7-5-4-6-13(12)14/h4-7,9-11,25H,8H2,1-3H3/b12-9+,21-19-. The van der Waals surface area contributed by atoms with Gasteiger partial charge in [0.05, 0.1) is 10.6 Å². The minimum atomic E-state index is 0.177. The molecule has 0 aliphatic carbocycles. The van der Waals surface area contributed by atoms with Crippen LogP contribution in [-0.4, -0.2) is 26.1 Å². The molecule has 0 spiro atoms. The molecule has 1 aromatic carbocycles. The summed E-state index contributed by atoms with van der Waals surface area (Å²) in [6.45, 7) is 4.31. The number of fused-ring (bicyclic) bond motifs is 1. The first-order valence-corrected chi connectivity index (χ1v) is 10.3. The zero-order valence-corrected chi connectivity index (χ0v) is 16.9. The Morgan fingerprint density at radius 3 is 2.85 bits per heavy atom. The van der Waals surface area contributed by atoms with E-state index in [-0.39, 0.29) is 5.88 Å². The molecular formula is C19H19N5OS2.